The smallest absolute Gasteiger partial charge is 0.311 e. The van der Waals surface area contributed by atoms with E-state index in [4.69, 9.17) is 9.47 Å². The predicted molar refractivity (Wildman–Crippen MR) is 181 cm³/mol. The van der Waals surface area contributed by atoms with E-state index >= 15 is 0 Å². The number of hydrogen-bond donors (Lipinski definition) is 0. The Morgan fingerprint density at radius 3 is 1.51 bits per heavy atom. The van der Waals surface area contributed by atoms with Gasteiger partial charge in [-0.2, -0.15) is 0 Å². The molecule has 1 aliphatic rings. The van der Waals surface area contributed by atoms with Gasteiger partial charge in [-0.3, -0.25) is 4.79 Å². The highest BCUT2D eigenvalue weighted by molar-refractivity contribution is 5.86. The number of aryl methyl sites for hydroxylation is 2. The third kappa shape index (κ3) is 7.21. The van der Waals surface area contributed by atoms with Gasteiger partial charge in [0.25, 0.3) is 0 Å². The summed E-state index contributed by atoms with van der Waals surface area (Å²) in [5.74, 6) is 1.30. The van der Waals surface area contributed by atoms with Crippen molar-refractivity contribution in [2.24, 2.45) is 0 Å². The number of carbonyl (C=O) groups is 1. The van der Waals surface area contributed by atoms with Gasteiger partial charge in [0, 0.05) is 6.42 Å². The molecule has 3 nitrogen and oxygen atoms in total. The maximum Gasteiger partial charge on any atom is 0.311 e. The van der Waals surface area contributed by atoms with Gasteiger partial charge in [-0.1, -0.05) is 133 Å². The highest BCUT2D eigenvalue weighted by Crippen LogP contribution is 2.56. The summed E-state index contributed by atoms with van der Waals surface area (Å²) >= 11 is 0. The molecule has 0 aromatic heterocycles. The number of unbranched alkanes of at least 4 members (excludes halogenated alkanes) is 2. The molecule has 4 aromatic carbocycles. The van der Waals surface area contributed by atoms with Gasteiger partial charge in [-0.05, 0) is 76.9 Å². The molecule has 5 rings (SSSR count). The average molecular weight is 579 g/mol. The van der Waals surface area contributed by atoms with Crippen LogP contribution in [-0.4, -0.2) is 13.1 Å². The fourth-order valence-corrected chi connectivity index (χ4v) is 5.86. The molecule has 0 unspecified atom stereocenters. The normalized spacial score (nSPS) is 12.1. The monoisotopic (exact) mass is 578 g/mol. The van der Waals surface area contributed by atoms with E-state index in [-0.39, 0.29) is 5.97 Å². The maximum atomic E-state index is 12.2. The number of benzene rings is 4. The van der Waals surface area contributed by atoms with Crippen LogP contribution >= 0.6 is 0 Å². The number of rotatable bonds is 8. The molecular weight excluding hydrogens is 528 g/mol. The van der Waals surface area contributed by atoms with Gasteiger partial charge < -0.3 is 9.47 Å². The second kappa shape index (κ2) is 16.1. The number of ether oxygens (including phenoxy) is 2. The van der Waals surface area contributed by atoms with E-state index in [2.05, 4.69) is 113 Å². The second-order valence-corrected chi connectivity index (χ2v) is 11.3. The summed E-state index contributed by atoms with van der Waals surface area (Å²) < 4.78 is 11.3. The van der Waals surface area contributed by atoms with E-state index in [1.165, 1.54) is 53.5 Å². The largest absolute Gasteiger partial charge is 0.496 e. The van der Waals surface area contributed by atoms with Gasteiger partial charge >= 0.3 is 5.97 Å². The molecule has 0 aliphatic heterocycles. The molecule has 3 heteroatoms. The van der Waals surface area contributed by atoms with Crippen molar-refractivity contribution in [3.05, 3.63) is 118 Å². The van der Waals surface area contributed by atoms with Crippen LogP contribution in [0, 0.1) is 13.8 Å². The quantitative estimate of drug-likeness (QED) is 0.136. The van der Waals surface area contributed by atoms with Crippen molar-refractivity contribution < 1.29 is 14.3 Å². The number of methoxy groups -OCH3 is 1. The molecule has 0 heterocycles. The number of esters is 1. The minimum absolute atomic E-state index is 0.194. The molecule has 0 N–H and O–H groups in total. The zero-order valence-corrected chi connectivity index (χ0v) is 27.6. The minimum atomic E-state index is -0.499. The first-order valence-corrected chi connectivity index (χ1v) is 16.0. The Balaban J connectivity index is 0.000000566. The fraction of sp³-hybridized carbons (Fsp3) is 0.375. The summed E-state index contributed by atoms with van der Waals surface area (Å²) in [5.41, 5.74) is 8.85. The Morgan fingerprint density at radius 1 is 0.651 bits per heavy atom. The molecule has 0 amide bonds. The lowest BCUT2D eigenvalue weighted by atomic mass is 9.67. The highest BCUT2D eigenvalue weighted by atomic mass is 16.5. The standard InChI is InChI=1S/C32H30O3.C5H12.C3H8/c1-5-10-31(33)35-30-18-16-24(20-22(30)3)32(23-15-17-29(34-4)21(2)19-23)27-13-8-6-11-25(27)26-12-7-9-14-28(26)32;1-3-5-4-2;1-3-2/h6-9,11-20H,5,10H2,1-4H3;3-5H2,1-2H3;3H2,1-2H3. The molecule has 0 fully saturated rings. The van der Waals surface area contributed by atoms with Gasteiger partial charge in [0.2, 0.25) is 0 Å². The van der Waals surface area contributed by atoms with Gasteiger partial charge in [0.1, 0.15) is 11.5 Å². The number of hydrogen-bond acceptors (Lipinski definition) is 3. The van der Waals surface area contributed by atoms with Crippen LogP contribution < -0.4 is 9.47 Å². The maximum absolute atomic E-state index is 12.2. The zero-order chi connectivity index (χ0) is 31.4. The molecule has 0 radical (unpaired) electrons. The van der Waals surface area contributed by atoms with Crippen LogP contribution in [0.25, 0.3) is 11.1 Å². The molecular formula is C40H50O3. The summed E-state index contributed by atoms with van der Waals surface area (Å²) in [6, 6.07) is 30.0. The van der Waals surface area contributed by atoms with Crippen molar-refractivity contribution in [2.75, 3.05) is 7.11 Å². The van der Waals surface area contributed by atoms with Crippen LogP contribution in [0.4, 0.5) is 0 Å². The van der Waals surface area contributed by atoms with E-state index in [9.17, 15) is 4.79 Å². The summed E-state index contributed by atoms with van der Waals surface area (Å²) in [6.45, 7) is 14.8. The predicted octanol–water partition coefficient (Wildman–Crippen LogP) is 11.0. The average Bonchev–Trinajstić information content (AvgIpc) is 3.31. The molecule has 4 aromatic rings. The molecule has 0 saturated carbocycles. The first-order valence-electron chi connectivity index (χ1n) is 16.0. The van der Waals surface area contributed by atoms with Gasteiger partial charge in [-0.25, -0.2) is 0 Å². The van der Waals surface area contributed by atoms with Crippen molar-refractivity contribution in [3.8, 4) is 22.6 Å². The third-order valence-electron chi connectivity index (χ3n) is 7.77. The molecule has 0 spiro atoms. The van der Waals surface area contributed by atoms with Crippen LogP contribution in [-0.2, 0) is 10.2 Å². The number of fused-ring (bicyclic) bond motifs is 3. The van der Waals surface area contributed by atoms with Crippen molar-refractivity contribution in [1.82, 2.24) is 0 Å². The topological polar surface area (TPSA) is 35.5 Å². The Morgan fingerprint density at radius 2 is 1.12 bits per heavy atom. The van der Waals surface area contributed by atoms with Crippen LogP contribution in [0.1, 0.15) is 107 Å². The van der Waals surface area contributed by atoms with Crippen molar-refractivity contribution in [1.29, 1.82) is 0 Å². The first kappa shape index (κ1) is 33.6. The van der Waals surface area contributed by atoms with Gasteiger partial charge in [0.15, 0.2) is 0 Å². The number of carbonyl (C=O) groups excluding carboxylic acids is 1. The van der Waals surface area contributed by atoms with E-state index < -0.39 is 5.41 Å². The van der Waals surface area contributed by atoms with Crippen LogP contribution in [0.15, 0.2) is 84.9 Å². The molecule has 0 atom stereocenters. The Kier molecular flexibility index (Phi) is 12.6. The zero-order valence-electron chi connectivity index (χ0n) is 27.6. The lowest BCUT2D eigenvalue weighted by Gasteiger charge is -2.34. The van der Waals surface area contributed by atoms with Crippen molar-refractivity contribution in [3.63, 3.8) is 0 Å². The van der Waals surface area contributed by atoms with Crippen molar-refractivity contribution in [2.45, 2.75) is 92.4 Å². The Labute approximate surface area is 260 Å². The van der Waals surface area contributed by atoms with Crippen LogP contribution in [0.2, 0.25) is 0 Å². The third-order valence-corrected chi connectivity index (χ3v) is 7.77. The molecule has 0 bridgehead atoms. The van der Waals surface area contributed by atoms with Crippen LogP contribution in [0.3, 0.4) is 0 Å². The van der Waals surface area contributed by atoms with Gasteiger partial charge in [-0.15, -0.1) is 0 Å². The first-order chi connectivity index (χ1) is 20.8. The lowest BCUT2D eigenvalue weighted by molar-refractivity contribution is -0.134. The van der Waals surface area contributed by atoms with Crippen molar-refractivity contribution >= 4 is 5.97 Å². The summed E-state index contributed by atoms with van der Waals surface area (Å²) in [5, 5.41) is 0. The Hall–Kier alpha value is -3.85. The lowest BCUT2D eigenvalue weighted by Crippen LogP contribution is -2.29. The SMILES string of the molecule is CCC.CCCC(=O)Oc1ccc(C2(c3ccc(OC)c(C)c3)c3ccccc3-c3ccccc32)cc1C.CCCCC. The van der Waals surface area contributed by atoms with Crippen LogP contribution in [0.5, 0.6) is 11.5 Å². The van der Waals surface area contributed by atoms with E-state index in [0.717, 1.165) is 28.9 Å². The van der Waals surface area contributed by atoms with E-state index in [1.54, 1.807) is 7.11 Å². The Bertz CT molecular complexity index is 1440. The second-order valence-electron chi connectivity index (χ2n) is 11.3. The molecule has 0 saturated heterocycles. The highest BCUT2D eigenvalue weighted by Gasteiger charge is 2.46. The molecule has 228 valence electrons. The van der Waals surface area contributed by atoms with Gasteiger partial charge in [0.05, 0.1) is 12.5 Å². The molecule has 43 heavy (non-hydrogen) atoms. The van der Waals surface area contributed by atoms with E-state index in [0.29, 0.717) is 12.2 Å². The summed E-state index contributed by atoms with van der Waals surface area (Å²) in [4.78, 5) is 12.2. The minimum Gasteiger partial charge on any atom is -0.496 e. The fourth-order valence-electron chi connectivity index (χ4n) is 5.86. The summed E-state index contributed by atoms with van der Waals surface area (Å²) in [6.07, 6.45) is 6.51. The molecule has 1 aliphatic carbocycles. The van der Waals surface area contributed by atoms with E-state index in [1.807, 2.05) is 19.9 Å². The summed E-state index contributed by atoms with van der Waals surface area (Å²) in [7, 11) is 1.71.